The molecule has 1 amide bonds. The van der Waals surface area contributed by atoms with Crippen molar-refractivity contribution >= 4 is 5.91 Å². The predicted octanol–water partition coefficient (Wildman–Crippen LogP) is 4.59. The predicted molar refractivity (Wildman–Crippen MR) is 94.5 cm³/mol. The van der Waals surface area contributed by atoms with Crippen molar-refractivity contribution in [2.24, 2.45) is 0 Å². The highest BCUT2D eigenvalue weighted by Gasteiger charge is 2.24. The summed E-state index contributed by atoms with van der Waals surface area (Å²) in [5, 5.41) is 0. The number of piperidine rings is 1. The Balaban J connectivity index is 1.52. The molecule has 1 aliphatic rings. The average molecular weight is 307 g/mol. The first-order valence-corrected chi connectivity index (χ1v) is 8.61. The van der Waals surface area contributed by atoms with Crippen LogP contribution in [0.1, 0.15) is 49.1 Å². The summed E-state index contributed by atoms with van der Waals surface area (Å²) < 4.78 is 0. The van der Waals surface area contributed by atoms with Crippen LogP contribution in [-0.2, 0) is 4.79 Å². The van der Waals surface area contributed by atoms with Crippen LogP contribution in [0.4, 0.5) is 0 Å². The van der Waals surface area contributed by atoms with Crippen LogP contribution in [-0.4, -0.2) is 23.9 Å². The van der Waals surface area contributed by atoms with Crippen LogP contribution >= 0.6 is 0 Å². The first-order chi connectivity index (χ1) is 11.2. The summed E-state index contributed by atoms with van der Waals surface area (Å²) in [6, 6.07) is 21.0. The standard InChI is InChI=1S/C21H25NO/c1-17(18-8-4-2-5-9-18)16-21(23)22-14-12-20(13-15-22)19-10-6-3-7-11-19/h2-11,17,20H,12-16H2,1H3. The van der Waals surface area contributed by atoms with Crippen LogP contribution in [0.2, 0.25) is 0 Å². The number of carbonyl (C=O) groups is 1. The van der Waals surface area contributed by atoms with Gasteiger partial charge in [-0.15, -0.1) is 0 Å². The van der Waals surface area contributed by atoms with Crippen LogP contribution in [0.5, 0.6) is 0 Å². The minimum atomic E-state index is 0.288. The van der Waals surface area contributed by atoms with E-state index in [0.29, 0.717) is 18.2 Å². The minimum absolute atomic E-state index is 0.288. The van der Waals surface area contributed by atoms with Gasteiger partial charge in [-0.3, -0.25) is 4.79 Å². The molecule has 2 aromatic carbocycles. The van der Waals surface area contributed by atoms with Crippen molar-refractivity contribution in [3.8, 4) is 0 Å². The van der Waals surface area contributed by atoms with Gasteiger partial charge in [-0.1, -0.05) is 67.6 Å². The molecule has 0 aromatic heterocycles. The summed E-state index contributed by atoms with van der Waals surface area (Å²) in [6.45, 7) is 3.92. The van der Waals surface area contributed by atoms with E-state index in [1.165, 1.54) is 11.1 Å². The summed E-state index contributed by atoms with van der Waals surface area (Å²) in [5.74, 6) is 1.19. The molecule has 0 spiro atoms. The lowest BCUT2D eigenvalue weighted by atomic mass is 9.89. The molecule has 2 aromatic rings. The lowest BCUT2D eigenvalue weighted by Crippen LogP contribution is -2.38. The molecular weight excluding hydrogens is 282 g/mol. The van der Waals surface area contributed by atoms with E-state index < -0.39 is 0 Å². The number of likely N-dealkylation sites (tertiary alicyclic amines) is 1. The lowest BCUT2D eigenvalue weighted by Gasteiger charge is -2.33. The Morgan fingerprint density at radius 3 is 2.17 bits per heavy atom. The average Bonchev–Trinajstić information content (AvgIpc) is 2.63. The van der Waals surface area contributed by atoms with Crippen LogP contribution in [0.3, 0.4) is 0 Å². The van der Waals surface area contributed by atoms with Gasteiger partial charge in [0.1, 0.15) is 0 Å². The van der Waals surface area contributed by atoms with Gasteiger partial charge in [0.25, 0.3) is 0 Å². The molecule has 3 rings (SSSR count). The number of amides is 1. The van der Waals surface area contributed by atoms with Gasteiger partial charge >= 0.3 is 0 Å². The van der Waals surface area contributed by atoms with E-state index in [1.807, 2.05) is 18.2 Å². The van der Waals surface area contributed by atoms with Crippen LogP contribution in [0, 0.1) is 0 Å². The highest BCUT2D eigenvalue weighted by atomic mass is 16.2. The first kappa shape index (κ1) is 15.8. The Kier molecular flexibility index (Phi) is 5.12. The molecule has 1 atom stereocenters. The van der Waals surface area contributed by atoms with Crippen LogP contribution in [0.25, 0.3) is 0 Å². The Bertz CT molecular complexity index is 615. The summed E-state index contributed by atoms with van der Waals surface area (Å²) in [6.07, 6.45) is 2.77. The molecule has 1 saturated heterocycles. The monoisotopic (exact) mass is 307 g/mol. The van der Waals surface area contributed by atoms with Gasteiger partial charge in [0, 0.05) is 19.5 Å². The normalized spacial score (nSPS) is 17.0. The molecule has 120 valence electrons. The van der Waals surface area contributed by atoms with Crippen molar-refractivity contribution in [1.82, 2.24) is 4.90 Å². The molecule has 23 heavy (non-hydrogen) atoms. The van der Waals surface area contributed by atoms with Crippen LogP contribution < -0.4 is 0 Å². The maximum absolute atomic E-state index is 12.6. The molecule has 0 aliphatic carbocycles. The highest BCUT2D eigenvalue weighted by Crippen LogP contribution is 2.29. The van der Waals surface area contributed by atoms with Crippen molar-refractivity contribution < 1.29 is 4.79 Å². The fourth-order valence-electron chi connectivity index (χ4n) is 3.48. The number of hydrogen-bond donors (Lipinski definition) is 0. The van der Waals surface area contributed by atoms with E-state index in [9.17, 15) is 4.79 Å². The van der Waals surface area contributed by atoms with Gasteiger partial charge in [0.2, 0.25) is 5.91 Å². The van der Waals surface area contributed by atoms with E-state index in [2.05, 4.69) is 54.3 Å². The Labute approximate surface area is 139 Å². The molecule has 0 bridgehead atoms. The zero-order valence-corrected chi connectivity index (χ0v) is 13.8. The lowest BCUT2D eigenvalue weighted by molar-refractivity contribution is -0.132. The maximum atomic E-state index is 12.6. The summed E-state index contributed by atoms with van der Waals surface area (Å²) in [4.78, 5) is 14.6. The third-order valence-electron chi connectivity index (χ3n) is 4.97. The zero-order valence-electron chi connectivity index (χ0n) is 13.8. The highest BCUT2D eigenvalue weighted by molar-refractivity contribution is 5.77. The van der Waals surface area contributed by atoms with E-state index in [-0.39, 0.29) is 5.92 Å². The summed E-state index contributed by atoms with van der Waals surface area (Å²) in [7, 11) is 0. The Hall–Kier alpha value is -2.09. The number of carbonyl (C=O) groups excluding carboxylic acids is 1. The number of benzene rings is 2. The molecule has 1 unspecified atom stereocenters. The Morgan fingerprint density at radius 2 is 1.57 bits per heavy atom. The van der Waals surface area contributed by atoms with E-state index in [4.69, 9.17) is 0 Å². The van der Waals surface area contributed by atoms with Crippen molar-refractivity contribution in [2.75, 3.05) is 13.1 Å². The zero-order chi connectivity index (χ0) is 16.1. The molecule has 0 N–H and O–H groups in total. The molecule has 0 radical (unpaired) electrons. The Morgan fingerprint density at radius 1 is 1.00 bits per heavy atom. The van der Waals surface area contributed by atoms with Gasteiger partial charge in [-0.05, 0) is 35.8 Å². The number of hydrogen-bond acceptors (Lipinski definition) is 1. The van der Waals surface area contributed by atoms with Crippen LogP contribution in [0.15, 0.2) is 60.7 Å². The first-order valence-electron chi connectivity index (χ1n) is 8.61. The van der Waals surface area contributed by atoms with Gasteiger partial charge in [0.15, 0.2) is 0 Å². The second kappa shape index (κ2) is 7.45. The van der Waals surface area contributed by atoms with Gasteiger partial charge < -0.3 is 4.90 Å². The molecule has 1 heterocycles. The van der Waals surface area contributed by atoms with Gasteiger partial charge in [-0.2, -0.15) is 0 Å². The molecule has 2 heteroatoms. The number of rotatable bonds is 4. The second-order valence-electron chi connectivity index (χ2n) is 6.58. The summed E-state index contributed by atoms with van der Waals surface area (Å²) >= 11 is 0. The van der Waals surface area contributed by atoms with E-state index in [0.717, 1.165) is 25.9 Å². The minimum Gasteiger partial charge on any atom is -0.343 e. The molecule has 2 nitrogen and oxygen atoms in total. The van der Waals surface area contributed by atoms with E-state index in [1.54, 1.807) is 0 Å². The van der Waals surface area contributed by atoms with Gasteiger partial charge in [0.05, 0.1) is 0 Å². The molecule has 1 fully saturated rings. The SMILES string of the molecule is CC(CC(=O)N1CCC(c2ccccc2)CC1)c1ccccc1. The van der Waals surface area contributed by atoms with Gasteiger partial charge in [-0.25, -0.2) is 0 Å². The fourth-order valence-corrected chi connectivity index (χ4v) is 3.48. The molecule has 1 aliphatic heterocycles. The fraction of sp³-hybridized carbons (Fsp3) is 0.381. The number of nitrogens with zero attached hydrogens (tertiary/aromatic N) is 1. The van der Waals surface area contributed by atoms with Crippen molar-refractivity contribution in [3.63, 3.8) is 0 Å². The van der Waals surface area contributed by atoms with Crippen molar-refractivity contribution in [1.29, 1.82) is 0 Å². The van der Waals surface area contributed by atoms with Crippen molar-refractivity contribution in [3.05, 3.63) is 71.8 Å². The quantitative estimate of drug-likeness (QED) is 0.809. The maximum Gasteiger partial charge on any atom is 0.223 e. The van der Waals surface area contributed by atoms with E-state index >= 15 is 0 Å². The topological polar surface area (TPSA) is 20.3 Å². The van der Waals surface area contributed by atoms with Crippen molar-refractivity contribution in [2.45, 2.75) is 38.0 Å². The summed E-state index contributed by atoms with van der Waals surface area (Å²) in [5.41, 5.74) is 2.66. The third kappa shape index (κ3) is 4.01. The largest absolute Gasteiger partial charge is 0.343 e. The smallest absolute Gasteiger partial charge is 0.223 e. The molecule has 0 saturated carbocycles. The second-order valence-corrected chi connectivity index (χ2v) is 6.58. The third-order valence-corrected chi connectivity index (χ3v) is 4.97. The molecular formula is C21H25NO.